The quantitative estimate of drug-likeness (QED) is 0.731. The minimum atomic E-state index is -0.471. The van der Waals surface area contributed by atoms with Crippen LogP contribution in [-0.4, -0.2) is 11.1 Å². The Morgan fingerprint density at radius 3 is 2.94 bits per heavy atom. The van der Waals surface area contributed by atoms with Gasteiger partial charge < -0.3 is 4.74 Å². The molecule has 0 radical (unpaired) electrons. The summed E-state index contributed by atoms with van der Waals surface area (Å²) >= 11 is 0. The average Bonchev–Trinajstić information content (AvgIpc) is 2.30. The summed E-state index contributed by atoms with van der Waals surface area (Å²) in [5.74, 6) is 0.547. The van der Waals surface area contributed by atoms with Gasteiger partial charge in [0.15, 0.2) is 0 Å². The molecule has 1 aromatic heterocycles. The van der Waals surface area contributed by atoms with E-state index < -0.39 is 5.95 Å². The molecule has 0 saturated heterocycles. The Labute approximate surface area is 95.8 Å². The van der Waals surface area contributed by atoms with E-state index in [4.69, 9.17) is 4.74 Å². The van der Waals surface area contributed by atoms with Crippen LogP contribution in [0.15, 0.2) is 18.2 Å². The highest BCUT2D eigenvalue weighted by molar-refractivity contribution is 5.11. The first-order chi connectivity index (χ1) is 7.79. The molecule has 1 aliphatic rings. The molecule has 16 heavy (non-hydrogen) atoms. The van der Waals surface area contributed by atoms with Crippen molar-refractivity contribution in [1.82, 2.24) is 4.98 Å². The molecule has 0 aliphatic heterocycles. The second-order valence-electron chi connectivity index (χ2n) is 4.41. The number of ether oxygens (including phenoxy) is 1. The highest BCUT2D eigenvalue weighted by Crippen LogP contribution is 2.29. The molecule has 0 aromatic carbocycles. The lowest BCUT2D eigenvalue weighted by Gasteiger charge is -2.30. The lowest BCUT2D eigenvalue weighted by atomic mass is 9.85. The van der Waals surface area contributed by atoms with Crippen LogP contribution in [0.25, 0.3) is 0 Å². The summed E-state index contributed by atoms with van der Waals surface area (Å²) in [6, 6.07) is 4.71. The molecule has 2 atom stereocenters. The van der Waals surface area contributed by atoms with Gasteiger partial charge in [0.1, 0.15) is 6.10 Å². The van der Waals surface area contributed by atoms with Gasteiger partial charge in [-0.15, -0.1) is 0 Å². The predicted octanol–water partition coefficient (Wildman–Crippen LogP) is 3.57. The Kier molecular flexibility index (Phi) is 3.75. The molecule has 0 spiro atoms. The van der Waals surface area contributed by atoms with E-state index in [1.54, 1.807) is 12.1 Å². The van der Waals surface area contributed by atoms with Crippen LogP contribution >= 0.6 is 0 Å². The van der Waals surface area contributed by atoms with E-state index in [2.05, 4.69) is 11.9 Å². The van der Waals surface area contributed by atoms with Crippen molar-refractivity contribution in [1.29, 1.82) is 0 Å². The van der Waals surface area contributed by atoms with Crippen molar-refractivity contribution in [3.05, 3.63) is 24.1 Å². The summed E-state index contributed by atoms with van der Waals surface area (Å²) < 4.78 is 18.7. The van der Waals surface area contributed by atoms with Gasteiger partial charge in [-0.25, -0.2) is 0 Å². The molecule has 2 nitrogen and oxygen atoms in total. The van der Waals surface area contributed by atoms with Gasteiger partial charge in [0.25, 0.3) is 0 Å². The van der Waals surface area contributed by atoms with Crippen molar-refractivity contribution in [2.75, 3.05) is 0 Å². The summed E-state index contributed by atoms with van der Waals surface area (Å²) in [5.41, 5.74) is 0. The summed E-state index contributed by atoms with van der Waals surface area (Å²) in [6.45, 7) is 2.19. The van der Waals surface area contributed by atoms with Crippen LogP contribution in [0.5, 0.6) is 5.88 Å². The smallest absolute Gasteiger partial charge is 0.216 e. The van der Waals surface area contributed by atoms with Crippen molar-refractivity contribution in [3.8, 4) is 5.88 Å². The van der Waals surface area contributed by atoms with Gasteiger partial charge in [0.05, 0.1) is 0 Å². The van der Waals surface area contributed by atoms with E-state index >= 15 is 0 Å². The third kappa shape index (κ3) is 2.71. The molecular formula is C13H18FNO. The fourth-order valence-corrected chi connectivity index (χ4v) is 2.41. The summed E-state index contributed by atoms with van der Waals surface area (Å²) in [7, 11) is 0. The van der Waals surface area contributed by atoms with Crippen LogP contribution in [0, 0.1) is 11.9 Å². The standard InChI is InChI=1S/C13H18FNO/c1-2-10-6-3-4-7-11(10)16-13-9-5-8-12(14)15-13/h5,8-11H,2-4,6-7H2,1H3. The van der Waals surface area contributed by atoms with E-state index in [0.29, 0.717) is 11.8 Å². The zero-order valence-corrected chi connectivity index (χ0v) is 9.66. The third-order valence-electron chi connectivity index (χ3n) is 3.33. The number of nitrogens with zero attached hydrogens (tertiary/aromatic N) is 1. The number of rotatable bonds is 3. The van der Waals surface area contributed by atoms with E-state index in [1.807, 2.05) is 0 Å². The summed E-state index contributed by atoms with van der Waals surface area (Å²) in [5, 5.41) is 0. The molecular weight excluding hydrogens is 205 g/mol. The number of hydrogen-bond donors (Lipinski definition) is 0. The van der Waals surface area contributed by atoms with Crippen LogP contribution < -0.4 is 4.74 Å². The van der Waals surface area contributed by atoms with Gasteiger partial charge in [-0.1, -0.05) is 19.4 Å². The van der Waals surface area contributed by atoms with Crippen molar-refractivity contribution in [2.24, 2.45) is 5.92 Å². The second-order valence-corrected chi connectivity index (χ2v) is 4.41. The van der Waals surface area contributed by atoms with Crippen molar-refractivity contribution >= 4 is 0 Å². The van der Waals surface area contributed by atoms with Gasteiger partial charge in [0.2, 0.25) is 11.8 Å². The second kappa shape index (κ2) is 5.28. The monoisotopic (exact) mass is 223 g/mol. The van der Waals surface area contributed by atoms with Gasteiger partial charge in [-0.3, -0.25) is 0 Å². The molecule has 1 heterocycles. The average molecular weight is 223 g/mol. The van der Waals surface area contributed by atoms with E-state index in [9.17, 15) is 4.39 Å². The highest BCUT2D eigenvalue weighted by atomic mass is 19.1. The minimum Gasteiger partial charge on any atom is -0.474 e. The number of aromatic nitrogens is 1. The SMILES string of the molecule is CCC1CCCCC1Oc1cccc(F)n1. The molecule has 1 saturated carbocycles. The Morgan fingerprint density at radius 2 is 2.19 bits per heavy atom. The molecule has 88 valence electrons. The van der Waals surface area contributed by atoms with E-state index in [0.717, 1.165) is 12.8 Å². The first-order valence-corrected chi connectivity index (χ1v) is 6.09. The normalized spacial score (nSPS) is 25.4. The maximum Gasteiger partial charge on any atom is 0.216 e. The van der Waals surface area contributed by atoms with Crippen LogP contribution in [0.2, 0.25) is 0 Å². The molecule has 1 fully saturated rings. The van der Waals surface area contributed by atoms with Gasteiger partial charge in [-0.2, -0.15) is 9.37 Å². The fraction of sp³-hybridized carbons (Fsp3) is 0.615. The van der Waals surface area contributed by atoms with Gasteiger partial charge >= 0.3 is 0 Å². The molecule has 0 bridgehead atoms. The summed E-state index contributed by atoms with van der Waals surface area (Å²) in [6.07, 6.45) is 6.12. The Hall–Kier alpha value is -1.12. The summed E-state index contributed by atoms with van der Waals surface area (Å²) in [4.78, 5) is 3.75. The Morgan fingerprint density at radius 1 is 1.38 bits per heavy atom. The molecule has 1 aromatic rings. The maximum atomic E-state index is 12.9. The van der Waals surface area contributed by atoms with Crippen LogP contribution in [-0.2, 0) is 0 Å². The van der Waals surface area contributed by atoms with Gasteiger partial charge in [-0.05, 0) is 37.7 Å². The maximum absolute atomic E-state index is 12.9. The van der Waals surface area contributed by atoms with Crippen LogP contribution in [0.3, 0.4) is 0 Å². The lowest BCUT2D eigenvalue weighted by Crippen LogP contribution is -2.30. The largest absolute Gasteiger partial charge is 0.474 e. The van der Waals surface area contributed by atoms with Crippen LogP contribution in [0.4, 0.5) is 4.39 Å². The third-order valence-corrected chi connectivity index (χ3v) is 3.33. The van der Waals surface area contributed by atoms with Gasteiger partial charge in [0, 0.05) is 6.07 Å². The number of hydrogen-bond acceptors (Lipinski definition) is 2. The highest BCUT2D eigenvalue weighted by Gasteiger charge is 2.25. The topological polar surface area (TPSA) is 22.1 Å². The molecule has 3 heteroatoms. The molecule has 0 N–H and O–H groups in total. The number of halogens is 1. The van der Waals surface area contributed by atoms with E-state index in [1.165, 1.54) is 25.3 Å². The fourth-order valence-electron chi connectivity index (χ4n) is 2.41. The predicted molar refractivity (Wildman–Crippen MR) is 60.9 cm³/mol. The van der Waals surface area contributed by atoms with Crippen molar-refractivity contribution in [3.63, 3.8) is 0 Å². The Bertz CT molecular complexity index is 342. The molecule has 1 aliphatic carbocycles. The van der Waals surface area contributed by atoms with Crippen molar-refractivity contribution in [2.45, 2.75) is 45.1 Å². The number of pyridine rings is 1. The van der Waals surface area contributed by atoms with E-state index in [-0.39, 0.29) is 6.10 Å². The van der Waals surface area contributed by atoms with Crippen molar-refractivity contribution < 1.29 is 9.13 Å². The van der Waals surface area contributed by atoms with Crippen LogP contribution in [0.1, 0.15) is 39.0 Å². The first kappa shape index (κ1) is 11.4. The molecule has 0 amide bonds. The zero-order valence-electron chi connectivity index (χ0n) is 9.66. The minimum absolute atomic E-state index is 0.216. The molecule has 2 unspecified atom stereocenters. The Balaban J connectivity index is 2.02. The zero-order chi connectivity index (χ0) is 11.4. The molecule has 2 rings (SSSR count). The lowest BCUT2D eigenvalue weighted by molar-refractivity contribution is 0.0850. The first-order valence-electron chi connectivity index (χ1n) is 6.09.